The molecule has 1 rings (SSSR count). The summed E-state index contributed by atoms with van der Waals surface area (Å²) in [6.07, 6.45) is 2.71. The maximum Gasteiger partial charge on any atom is 0.500 e. The summed E-state index contributed by atoms with van der Waals surface area (Å²) in [4.78, 5) is 0. The highest BCUT2D eigenvalue weighted by Crippen LogP contribution is 2.16. The molecule has 0 unspecified atom stereocenters. The molecule has 0 aliphatic rings. The Morgan fingerprint density at radius 3 is 2.35 bits per heavy atom. The predicted octanol–water partition coefficient (Wildman–Crippen LogP) is 3.92. The lowest BCUT2D eigenvalue weighted by molar-refractivity contribution is 0.0691. The molecule has 0 N–H and O–H groups in total. The Balaban J connectivity index is 2.56. The van der Waals surface area contributed by atoms with Crippen LogP contribution >= 0.6 is 0 Å². The van der Waals surface area contributed by atoms with E-state index in [0.717, 1.165) is 18.0 Å². The van der Waals surface area contributed by atoms with Crippen molar-refractivity contribution in [3.63, 3.8) is 0 Å². The highest BCUT2D eigenvalue weighted by Gasteiger charge is 2.38. The van der Waals surface area contributed by atoms with Crippen LogP contribution in [0.4, 0.5) is 0 Å². The highest BCUT2D eigenvalue weighted by molar-refractivity contribution is 6.60. The molecule has 112 valence electrons. The van der Waals surface area contributed by atoms with Crippen LogP contribution in [0.5, 0.6) is 0 Å². The second-order valence-corrected chi connectivity index (χ2v) is 7.39. The van der Waals surface area contributed by atoms with Crippen molar-refractivity contribution in [3.8, 4) is 0 Å². The minimum absolute atomic E-state index is 0.626. The van der Waals surface area contributed by atoms with E-state index in [2.05, 4.69) is 25.6 Å². The van der Waals surface area contributed by atoms with Gasteiger partial charge in [-0.15, -0.1) is 0 Å². The fourth-order valence-corrected chi connectivity index (χ4v) is 4.23. The monoisotopic (exact) mass is 294 g/mol. The van der Waals surface area contributed by atoms with Gasteiger partial charge in [-0.05, 0) is 31.4 Å². The SMILES string of the molecule is C=Cc1cccc(CCO[Si](CC)(OCC)OCC)c1. The Bertz CT molecular complexity index is 400. The van der Waals surface area contributed by atoms with Crippen molar-refractivity contribution in [2.75, 3.05) is 19.8 Å². The van der Waals surface area contributed by atoms with Crippen molar-refractivity contribution in [1.29, 1.82) is 0 Å². The van der Waals surface area contributed by atoms with E-state index in [1.807, 2.05) is 32.1 Å². The van der Waals surface area contributed by atoms with Gasteiger partial charge >= 0.3 is 8.80 Å². The summed E-state index contributed by atoms with van der Waals surface area (Å²) in [6, 6.07) is 9.13. The van der Waals surface area contributed by atoms with Crippen molar-refractivity contribution in [2.45, 2.75) is 33.2 Å². The molecule has 0 saturated heterocycles. The van der Waals surface area contributed by atoms with E-state index in [4.69, 9.17) is 13.3 Å². The van der Waals surface area contributed by atoms with Crippen LogP contribution in [-0.2, 0) is 19.7 Å². The van der Waals surface area contributed by atoms with Crippen molar-refractivity contribution < 1.29 is 13.3 Å². The zero-order chi connectivity index (χ0) is 14.8. The highest BCUT2D eigenvalue weighted by atomic mass is 28.4. The van der Waals surface area contributed by atoms with Gasteiger partial charge in [0.05, 0.1) is 0 Å². The summed E-state index contributed by atoms with van der Waals surface area (Å²) < 4.78 is 17.6. The van der Waals surface area contributed by atoms with Crippen LogP contribution in [0.25, 0.3) is 6.08 Å². The van der Waals surface area contributed by atoms with E-state index in [9.17, 15) is 0 Å². The van der Waals surface area contributed by atoms with Gasteiger partial charge in [-0.2, -0.15) is 0 Å². The fraction of sp³-hybridized carbons (Fsp3) is 0.500. The van der Waals surface area contributed by atoms with Gasteiger partial charge in [0.1, 0.15) is 0 Å². The lowest BCUT2D eigenvalue weighted by Crippen LogP contribution is -2.45. The summed E-state index contributed by atoms with van der Waals surface area (Å²) in [7, 11) is -2.47. The normalized spacial score (nSPS) is 11.6. The number of rotatable bonds is 10. The summed E-state index contributed by atoms with van der Waals surface area (Å²) in [6.45, 7) is 11.7. The molecule has 3 nitrogen and oxygen atoms in total. The number of hydrogen-bond donors (Lipinski definition) is 0. The number of benzene rings is 1. The first-order chi connectivity index (χ1) is 9.69. The first-order valence-corrected chi connectivity index (χ1v) is 9.26. The third kappa shape index (κ3) is 5.21. The first kappa shape index (κ1) is 17.1. The Morgan fingerprint density at radius 1 is 1.10 bits per heavy atom. The molecule has 0 atom stereocenters. The largest absolute Gasteiger partial charge is 0.500 e. The molecule has 0 heterocycles. The molecule has 20 heavy (non-hydrogen) atoms. The number of hydrogen-bond acceptors (Lipinski definition) is 3. The molecule has 0 aliphatic carbocycles. The summed E-state index contributed by atoms with van der Waals surface area (Å²) in [5.41, 5.74) is 2.38. The Labute approximate surface area is 123 Å². The van der Waals surface area contributed by atoms with Crippen LogP contribution in [-0.4, -0.2) is 28.6 Å². The van der Waals surface area contributed by atoms with E-state index >= 15 is 0 Å². The minimum Gasteiger partial charge on any atom is -0.374 e. The van der Waals surface area contributed by atoms with Crippen molar-refractivity contribution >= 4 is 14.9 Å². The average molecular weight is 294 g/mol. The van der Waals surface area contributed by atoms with Crippen LogP contribution in [0.2, 0.25) is 6.04 Å². The smallest absolute Gasteiger partial charge is 0.374 e. The molecule has 0 fully saturated rings. The van der Waals surface area contributed by atoms with Gasteiger partial charge in [-0.3, -0.25) is 0 Å². The Kier molecular flexibility index (Phi) is 7.77. The van der Waals surface area contributed by atoms with Crippen molar-refractivity contribution in [3.05, 3.63) is 42.0 Å². The molecule has 0 radical (unpaired) electrons. The maximum atomic E-state index is 6.01. The second-order valence-electron chi connectivity index (χ2n) is 4.45. The first-order valence-electron chi connectivity index (χ1n) is 7.33. The molecule has 0 aromatic heterocycles. The standard InChI is InChI=1S/C16H26O3Si/c1-5-15-10-9-11-16(14-15)12-13-19-20(8-4,17-6-2)18-7-3/h5,9-11,14H,1,6-8,12-13H2,2-4H3. The van der Waals surface area contributed by atoms with Gasteiger partial charge in [0.25, 0.3) is 0 Å². The molecule has 0 bridgehead atoms. The van der Waals surface area contributed by atoms with Crippen molar-refractivity contribution in [2.24, 2.45) is 0 Å². The van der Waals surface area contributed by atoms with Crippen LogP contribution in [0.1, 0.15) is 31.9 Å². The van der Waals surface area contributed by atoms with E-state index in [0.29, 0.717) is 19.8 Å². The van der Waals surface area contributed by atoms with Gasteiger partial charge in [0.15, 0.2) is 0 Å². The average Bonchev–Trinajstić information content (AvgIpc) is 2.48. The second kappa shape index (κ2) is 9.08. The van der Waals surface area contributed by atoms with Gasteiger partial charge in [0, 0.05) is 25.9 Å². The van der Waals surface area contributed by atoms with Crippen LogP contribution in [0, 0.1) is 0 Å². The summed E-state index contributed by atoms with van der Waals surface area (Å²) >= 11 is 0. The van der Waals surface area contributed by atoms with E-state index < -0.39 is 8.80 Å². The van der Waals surface area contributed by atoms with Crippen LogP contribution in [0.15, 0.2) is 30.8 Å². The molecule has 0 saturated carbocycles. The molecule has 0 aliphatic heterocycles. The molecular weight excluding hydrogens is 268 g/mol. The lowest BCUT2D eigenvalue weighted by atomic mass is 10.1. The van der Waals surface area contributed by atoms with E-state index in [-0.39, 0.29) is 0 Å². The van der Waals surface area contributed by atoms with E-state index in [1.54, 1.807) is 0 Å². The summed E-state index contributed by atoms with van der Waals surface area (Å²) in [5.74, 6) is 0. The predicted molar refractivity (Wildman–Crippen MR) is 85.7 cm³/mol. The molecule has 0 spiro atoms. The maximum absolute atomic E-state index is 6.01. The molecule has 1 aromatic carbocycles. The fourth-order valence-electron chi connectivity index (χ4n) is 2.07. The lowest BCUT2D eigenvalue weighted by Gasteiger charge is -2.27. The molecular formula is C16H26O3Si. The Morgan fingerprint density at radius 2 is 1.80 bits per heavy atom. The molecule has 4 heteroatoms. The van der Waals surface area contributed by atoms with Crippen LogP contribution < -0.4 is 0 Å². The van der Waals surface area contributed by atoms with Gasteiger partial charge in [-0.1, -0.05) is 43.8 Å². The molecule has 0 amide bonds. The topological polar surface area (TPSA) is 27.7 Å². The van der Waals surface area contributed by atoms with Crippen molar-refractivity contribution in [1.82, 2.24) is 0 Å². The van der Waals surface area contributed by atoms with Gasteiger partial charge in [-0.25, -0.2) is 0 Å². The van der Waals surface area contributed by atoms with E-state index in [1.165, 1.54) is 5.56 Å². The third-order valence-corrected chi connectivity index (χ3v) is 6.03. The zero-order valence-corrected chi connectivity index (χ0v) is 13.9. The van der Waals surface area contributed by atoms with Gasteiger partial charge < -0.3 is 13.3 Å². The van der Waals surface area contributed by atoms with Gasteiger partial charge in [0.2, 0.25) is 0 Å². The zero-order valence-electron chi connectivity index (χ0n) is 12.9. The minimum atomic E-state index is -2.47. The third-order valence-electron chi connectivity index (χ3n) is 3.06. The Hall–Kier alpha value is -0.943. The van der Waals surface area contributed by atoms with Crippen LogP contribution in [0.3, 0.4) is 0 Å². The summed E-state index contributed by atoms with van der Waals surface area (Å²) in [5, 5.41) is 0. The quantitative estimate of drug-likeness (QED) is 0.612. The molecule has 1 aromatic rings.